The summed E-state index contributed by atoms with van der Waals surface area (Å²) in [6.45, 7) is 2.42. The Morgan fingerprint density at radius 1 is 1.06 bits per heavy atom. The molecule has 0 fully saturated rings. The summed E-state index contributed by atoms with van der Waals surface area (Å²) in [7, 11) is 1.58. The topological polar surface area (TPSA) is 111 Å². The summed E-state index contributed by atoms with van der Waals surface area (Å²) < 4.78 is 21.8. The lowest BCUT2D eigenvalue weighted by molar-refractivity contribution is -0.137. The Balaban J connectivity index is 1.85. The minimum Gasteiger partial charge on any atom is -0.481 e. The van der Waals surface area contributed by atoms with Crippen molar-refractivity contribution in [2.75, 3.05) is 33.8 Å². The maximum absolute atomic E-state index is 13.7. The van der Waals surface area contributed by atoms with Gasteiger partial charge in [0.1, 0.15) is 25.4 Å². The van der Waals surface area contributed by atoms with E-state index in [-0.39, 0.29) is 24.9 Å². The third-order valence-electron chi connectivity index (χ3n) is 6.14. The smallest absolute Gasteiger partial charge is 0.303 e. The van der Waals surface area contributed by atoms with Crippen LogP contribution in [0.4, 0.5) is 0 Å². The quantitative estimate of drug-likeness (QED) is 0.191. The van der Waals surface area contributed by atoms with Gasteiger partial charge in [-0.05, 0) is 37.5 Å². The molecule has 0 spiro atoms. The van der Waals surface area contributed by atoms with Crippen LogP contribution >= 0.6 is 7.37 Å². The van der Waals surface area contributed by atoms with Crippen LogP contribution in [-0.4, -0.2) is 60.6 Å². The van der Waals surface area contributed by atoms with Gasteiger partial charge in [-0.2, -0.15) is 0 Å². The number of rotatable bonds is 10. The number of amides is 1. The minimum atomic E-state index is -3.92. The maximum Gasteiger partial charge on any atom is 0.303 e. The van der Waals surface area contributed by atoms with E-state index in [9.17, 15) is 19.0 Å². The van der Waals surface area contributed by atoms with Gasteiger partial charge < -0.3 is 19.3 Å². The number of hydrogen-bond donors (Lipinski definition) is 2. The fourth-order valence-corrected chi connectivity index (χ4v) is 5.94. The second-order valence-electron chi connectivity index (χ2n) is 9.22. The van der Waals surface area contributed by atoms with Crippen LogP contribution in [-0.2, 0) is 14.2 Å². The Bertz CT molecular complexity index is 1330. The first-order chi connectivity index (χ1) is 16.5. The van der Waals surface area contributed by atoms with Crippen LogP contribution < -0.4 is 15.2 Å². The van der Waals surface area contributed by atoms with Gasteiger partial charge >= 0.3 is 5.97 Å². The first-order valence-corrected chi connectivity index (χ1v) is 13.6. The van der Waals surface area contributed by atoms with Crippen molar-refractivity contribution in [1.29, 1.82) is 0 Å². The van der Waals surface area contributed by atoms with Crippen molar-refractivity contribution in [1.82, 2.24) is 9.48 Å². The zero-order valence-corrected chi connectivity index (χ0v) is 21.7. The number of aryl methyl sites for hydroxylation is 1. The molecule has 188 valence electrons. The molecule has 1 unspecified atom stereocenters. The fourth-order valence-electron chi connectivity index (χ4n) is 4.10. The first-order valence-electron chi connectivity index (χ1n) is 11.8. The SMILES string of the molecule is Cc1ccc2c(P(=O)(O)CCC(=O)N(C)CCCCCC(=O)O)c3ccc(=[N+](C)C)cc-3oc2c1. The average molecular weight is 502 g/mol. The highest BCUT2D eigenvalue weighted by molar-refractivity contribution is 7.67. The number of carbonyl (C=O) groups excluding carboxylic acids is 1. The minimum absolute atomic E-state index is 0.0595. The van der Waals surface area contributed by atoms with Crippen molar-refractivity contribution in [3.63, 3.8) is 0 Å². The monoisotopic (exact) mass is 501 g/mol. The van der Waals surface area contributed by atoms with Crippen molar-refractivity contribution >= 4 is 35.5 Å². The van der Waals surface area contributed by atoms with Crippen molar-refractivity contribution < 1.29 is 28.6 Å². The molecule has 35 heavy (non-hydrogen) atoms. The van der Waals surface area contributed by atoms with Crippen molar-refractivity contribution in [3.05, 3.63) is 47.3 Å². The summed E-state index contributed by atoms with van der Waals surface area (Å²) >= 11 is 0. The lowest BCUT2D eigenvalue weighted by atomic mass is 10.1. The van der Waals surface area contributed by atoms with Gasteiger partial charge in [0.25, 0.3) is 0 Å². The van der Waals surface area contributed by atoms with Crippen molar-refractivity contribution in [2.45, 2.75) is 39.0 Å². The molecule has 1 aromatic rings. The van der Waals surface area contributed by atoms with E-state index in [4.69, 9.17) is 9.52 Å². The van der Waals surface area contributed by atoms with E-state index >= 15 is 0 Å². The van der Waals surface area contributed by atoms with Crippen LogP contribution in [0.5, 0.6) is 0 Å². The molecular formula is C26H34N2O6P+. The van der Waals surface area contributed by atoms with Crippen LogP contribution in [0.3, 0.4) is 0 Å². The number of carboxylic acids is 1. The summed E-state index contributed by atoms with van der Waals surface area (Å²) in [6, 6.07) is 11.1. The molecule has 0 aromatic heterocycles. The molecule has 0 bridgehead atoms. The van der Waals surface area contributed by atoms with Crippen molar-refractivity contribution in [2.24, 2.45) is 0 Å². The molecule has 2 aliphatic rings. The Morgan fingerprint density at radius 3 is 2.49 bits per heavy atom. The molecule has 2 N–H and O–H groups in total. The van der Waals surface area contributed by atoms with E-state index in [1.807, 2.05) is 49.9 Å². The highest BCUT2D eigenvalue weighted by atomic mass is 31.2. The van der Waals surface area contributed by atoms with Crippen LogP contribution in [0, 0.1) is 6.92 Å². The standard InChI is InChI=1S/C26H33N2O6P/c1-18-9-11-20-22(16-18)34-23-17-19(27(2)3)10-12-21(23)26(20)35(32,33)15-13-24(29)28(4)14-7-5-6-8-25(30)31/h9-12,16-17H,5-8,13-15H2,1-4H3,(H-,30,31,32,33)/p+1. The summed E-state index contributed by atoms with van der Waals surface area (Å²) in [4.78, 5) is 36.0. The molecule has 8 nitrogen and oxygen atoms in total. The van der Waals surface area contributed by atoms with E-state index in [0.29, 0.717) is 53.4 Å². The summed E-state index contributed by atoms with van der Waals surface area (Å²) in [5.41, 5.74) is 2.07. The first kappa shape index (κ1) is 26.6. The predicted octanol–water partition coefficient (Wildman–Crippen LogP) is 3.27. The second kappa shape index (κ2) is 11.2. The number of benzene rings is 2. The molecule has 0 radical (unpaired) electrons. The third kappa shape index (κ3) is 6.59. The molecule has 1 aromatic carbocycles. The molecule has 1 aliphatic heterocycles. The molecule has 3 rings (SSSR count). The van der Waals surface area contributed by atoms with Gasteiger partial charge in [-0.25, -0.2) is 4.58 Å². The lowest BCUT2D eigenvalue weighted by Gasteiger charge is -2.21. The van der Waals surface area contributed by atoms with Gasteiger partial charge in [0.2, 0.25) is 18.6 Å². The van der Waals surface area contributed by atoms with Crippen LogP contribution in [0.2, 0.25) is 0 Å². The number of carboxylic acid groups (broad SMARTS) is 1. The normalized spacial score (nSPS) is 13.1. The molecule has 1 heterocycles. The van der Waals surface area contributed by atoms with E-state index in [0.717, 1.165) is 10.9 Å². The van der Waals surface area contributed by atoms with E-state index < -0.39 is 13.3 Å². The van der Waals surface area contributed by atoms with Gasteiger partial charge in [0, 0.05) is 49.6 Å². The summed E-state index contributed by atoms with van der Waals surface area (Å²) in [5.74, 6) is -0.518. The molecule has 1 amide bonds. The number of fused-ring (bicyclic) bond motifs is 2. The van der Waals surface area contributed by atoms with Crippen LogP contribution in [0.1, 0.15) is 37.7 Å². The number of hydrogen-bond acceptors (Lipinski definition) is 4. The molecular weight excluding hydrogens is 467 g/mol. The average Bonchev–Trinajstić information content (AvgIpc) is 2.79. The largest absolute Gasteiger partial charge is 0.481 e. The third-order valence-corrected chi connectivity index (χ3v) is 8.15. The zero-order valence-electron chi connectivity index (χ0n) is 20.8. The molecule has 0 saturated heterocycles. The van der Waals surface area contributed by atoms with Crippen molar-refractivity contribution in [3.8, 4) is 11.3 Å². The van der Waals surface area contributed by atoms with Crippen LogP contribution in [0.25, 0.3) is 22.3 Å². The maximum atomic E-state index is 13.7. The predicted molar refractivity (Wildman–Crippen MR) is 137 cm³/mol. The lowest BCUT2D eigenvalue weighted by Crippen LogP contribution is -2.29. The molecule has 9 heteroatoms. The Labute approximate surface area is 205 Å². The van der Waals surface area contributed by atoms with Gasteiger partial charge in [0.05, 0.1) is 11.4 Å². The second-order valence-corrected chi connectivity index (χ2v) is 11.5. The summed E-state index contributed by atoms with van der Waals surface area (Å²) in [5, 5.41) is 10.5. The zero-order chi connectivity index (χ0) is 25.8. The van der Waals surface area contributed by atoms with Gasteiger partial charge in [-0.1, -0.05) is 18.6 Å². The number of aliphatic carboxylic acids is 1. The number of nitrogens with zero attached hydrogens (tertiary/aromatic N) is 2. The fraction of sp³-hybridized carbons (Fsp3) is 0.423. The van der Waals surface area contributed by atoms with Crippen LogP contribution in [0.15, 0.2) is 40.8 Å². The van der Waals surface area contributed by atoms with Gasteiger partial charge in [-0.3, -0.25) is 14.2 Å². The Morgan fingerprint density at radius 2 is 1.80 bits per heavy atom. The van der Waals surface area contributed by atoms with Gasteiger partial charge in [0.15, 0.2) is 0 Å². The van der Waals surface area contributed by atoms with E-state index in [2.05, 4.69) is 0 Å². The Hall–Kier alpha value is -2.96. The number of carbonyl (C=O) groups is 2. The Kier molecular flexibility index (Phi) is 8.51. The highest BCUT2D eigenvalue weighted by Gasteiger charge is 2.31. The van der Waals surface area contributed by atoms with E-state index in [1.54, 1.807) is 24.1 Å². The number of unbranched alkanes of at least 4 members (excludes halogenated alkanes) is 2. The molecule has 0 saturated carbocycles. The molecule has 1 aliphatic carbocycles. The molecule has 1 atom stereocenters. The van der Waals surface area contributed by atoms with Gasteiger partial charge in [-0.15, -0.1) is 0 Å². The summed E-state index contributed by atoms with van der Waals surface area (Å²) in [6.07, 6.45) is 1.85. The van der Waals surface area contributed by atoms with E-state index in [1.165, 1.54) is 0 Å². The highest BCUT2D eigenvalue weighted by Crippen LogP contribution is 2.46.